The van der Waals surface area contributed by atoms with Crippen molar-refractivity contribution in [2.75, 3.05) is 5.32 Å². The zero-order valence-electron chi connectivity index (χ0n) is 8.05. The molecule has 0 saturated heterocycles. The molecule has 1 N–H and O–H groups in total. The van der Waals surface area contributed by atoms with E-state index >= 15 is 0 Å². The molecule has 0 saturated carbocycles. The lowest BCUT2D eigenvalue weighted by Crippen LogP contribution is -1.96. The SMILES string of the molecule is Fc1ccc(Br)cc1Nc1cccc(Cl)n1. The van der Waals surface area contributed by atoms with Gasteiger partial charge in [-0.2, -0.15) is 0 Å². The van der Waals surface area contributed by atoms with E-state index in [9.17, 15) is 4.39 Å². The van der Waals surface area contributed by atoms with Gasteiger partial charge in [-0.3, -0.25) is 0 Å². The molecule has 82 valence electrons. The first-order valence-electron chi connectivity index (χ1n) is 4.50. The van der Waals surface area contributed by atoms with Crippen molar-refractivity contribution < 1.29 is 4.39 Å². The van der Waals surface area contributed by atoms with Gasteiger partial charge < -0.3 is 5.32 Å². The van der Waals surface area contributed by atoms with Crippen LogP contribution in [0.1, 0.15) is 0 Å². The number of pyridine rings is 1. The van der Waals surface area contributed by atoms with E-state index in [-0.39, 0.29) is 5.82 Å². The molecule has 0 aliphatic heterocycles. The van der Waals surface area contributed by atoms with Gasteiger partial charge in [-0.25, -0.2) is 9.37 Å². The predicted octanol–water partition coefficient (Wildman–Crippen LogP) is 4.38. The lowest BCUT2D eigenvalue weighted by Gasteiger charge is -2.07. The second-order valence-electron chi connectivity index (χ2n) is 3.09. The van der Waals surface area contributed by atoms with E-state index < -0.39 is 0 Å². The summed E-state index contributed by atoms with van der Waals surface area (Å²) in [5.41, 5.74) is 0.351. The highest BCUT2D eigenvalue weighted by Crippen LogP contribution is 2.23. The molecule has 0 bridgehead atoms. The van der Waals surface area contributed by atoms with Crippen LogP contribution in [0.15, 0.2) is 40.9 Å². The van der Waals surface area contributed by atoms with Crippen LogP contribution in [0.4, 0.5) is 15.9 Å². The Morgan fingerprint density at radius 3 is 2.81 bits per heavy atom. The molecule has 0 radical (unpaired) electrons. The minimum absolute atomic E-state index is 0.343. The van der Waals surface area contributed by atoms with Crippen molar-refractivity contribution in [3.63, 3.8) is 0 Å². The molecule has 0 atom stereocenters. The lowest BCUT2D eigenvalue weighted by atomic mass is 10.3. The van der Waals surface area contributed by atoms with Crippen LogP contribution in [0.3, 0.4) is 0 Å². The first-order chi connectivity index (χ1) is 7.65. The molecule has 1 aromatic carbocycles. The van der Waals surface area contributed by atoms with Crippen LogP contribution in [-0.4, -0.2) is 4.98 Å². The summed E-state index contributed by atoms with van der Waals surface area (Å²) in [4.78, 5) is 4.01. The number of rotatable bonds is 2. The topological polar surface area (TPSA) is 24.9 Å². The number of nitrogens with one attached hydrogen (secondary N) is 1. The minimum Gasteiger partial charge on any atom is -0.338 e. The highest BCUT2D eigenvalue weighted by Gasteiger charge is 2.03. The number of nitrogens with zero attached hydrogens (tertiary/aromatic N) is 1. The van der Waals surface area contributed by atoms with E-state index in [0.717, 1.165) is 4.47 Å². The van der Waals surface area contributed by atoms with Gasteiger partial charge in [-0.15, -0.1) is 0 Å². The molecule has 16 heavy (non-hydrogen) atoms. The van der Waals surface area contributed by atoms with E-state index in [0.29, 0.717) is 16.7 Å². The Morgan fingerprint density at radius 1 is 1.25 bits per heavy atom. The Balaban J connectivity index is 2.30. The maximum absolute atomic E-state index is 13.4. The molecule has 1 aromatic heterocycles. The molecule has 0 amide bonds. The molecular formula is C11H7BrClFN2. The van der Waals surface area contributed by atoms with Gasteiger partial charge in [0, 0.05) is 4.47 Å². The molecule has 0 spiro atoms. The van der Waals surface area contributed by atoms with E-state index in [2.05, 4.69) is 26.2 Å². The van der Waals surface area contributed by atoms with Crippen molar-refractivity contribution in [2.24, 2.45) is 0 Å². The van der Waals surface area contributed by atoms with Crippen molar-refractivity contribution in [1.82, 2.24) is 4.98 Å². The fourth-order valence-electron chi connectivity index (χ4n) is 1.21. The Hall–Kier alpha value is -1.13. The van der Waals surface area contributed by atoms with Crippen molar-refractivity contribution in [3.05, 3.63) is 51.8 Å². The second kappa shape index (κ2) is 4.80. The summed E-state index contributed by atoms with van der Waals surface area (Å²) in [5, 5.41) is 3.21. The van der Waals surface area contributed by atoms with Gasteiger partial charge in [0.2, 0.25) is 0 Å². The third-order valence-electron chi connectivity index (χ3n) is 1.91. The van der Waals surface area contributed by atoms with E-state index in [1.807, 2.05) is 0 Å². The molecule has 2 nitrogen and oxygen atoms in total. The van der Waals surface area contributed by atoms with Crippen molar-refractivity contribution in [2.45, 2.75) is 0 Å². The Morgan fingerprint density at radius 2 is 2.06 bits per heavy atom. The van der Waals surface area contributed by atoms with Crippen molar-refractivity contribution >= 4 is 39.0 Å². The molecule has 2 aromatic rings. The van der Waals surface area contributed by atoms with Gasteiger partial charge in [0.05, 0.1) is 5.69 Å². The molecule has 5 heteroatoms. The van der Waals surface area contributed by atoms with Crippen molar-refractivity contribution in [3.8, 4) is 0 Å². The monoisotopic (exact) mass is 300 g/mol. The molecule has 0 fully saturated rings. The standard InChI is InChI=1S/C11H7BrClFN2/c12-7-4-5-8(14)9(6-7)15-11-3-1-2-10(13)16-11/h1-6H,(H,15,16). The van der Waals surface area contributed by atoms with Crippen LogP contribution in [0.2, 0.25) is 5.15 Å². The number of aromatic nitrogens is 1. The van der Waals surface area contributed by atoms with Gasteiger partial charge >= 0.3 is 0 Å². The number of halogens is 3. The van der Waals surface area contributed by atoms with Crippen LogP contribution in [0.5, 0.6) is 0 Å². The van der Waals surface area contributed by atoms with Crippen LogP contribution in [0, 0.1) is 5.82 Å². The fraction of sp³-hybridized carbons (Fsp3) is 0. The zero-order valence-corrected chi connectivity index (χ0v) is 10.4. The normalized spacial score (nSPS) is 10.2. The highest BCUT2D eigenvalue weighted by molar-refractivity contribution is 9.10. The summed E-state index contributed by atoms with van der Waals surface area (Å²) in [5.74, 6) is 0.162. The van der Waals surface area contributed by atoms with Gasteiger partial charge in [0.1, 0.15) is 16.8 Å². The Bertz CT molecular complexity index is 519. The second-order valence-corrected chi connectivity index (χ2v) is 4.40. The lowest BCUT2D eigenvalue weighted by molar-refractivity contribution is 0.631. The first-order valence-corrected chi connectivity index (χ1v) is 5.67. The summed E-state index contributed by atoms with van der Waals surface area (Å²) in [6, 6.07) is 9.75. The average Bonchev–Trinajstić information content (AvgIpc) is 2.24. The highest BCUT2D eigenvalue weighted by atomic mass is 79.9. The number of hydrogen-bond donors (Lipinski definition) is 1. The molecule has 2 rings (SSSR count). The summed E-state index contributed by atoms with van der Waals surface area (Å²) < 4.78 is 14.2. The molecule has 0 aliphatic rings. The maximum atomic E-state index is 13.4. The van der Waals surface area contributed by atoms with Crippen LogP contribution in [-0.2, 0) is 0 Å². The quantitative estimate of drug-likeness (QED) is 0.833. The van der Waals surface area contributed by atoms with E-state index in [1.54, 1.807) is 30.3 Å². The van der Waals surface area contributed by atoms with E-state index in [1.165, 1.54) is 6.07 Å². The number of anilines is 2. The average molecular weight is 302 g/mol. The predicted molar refractivity (Wildman–Crippen MR) is 66.6 cm³/mol. The Kier molecular flexibility index (Phi) is 3.41. The van der Waals surface area contributed by atoms with Crippen LogP contribution >= 0.6 is 27.5 Å². The number of hydrogen-bond acceptors (Lipinski definition) is 2. The maximum Gasteiger partial charge on any atom is 0.146 e. The van der Waals surface area contributed by atoms with Gasteiger partial charge in [-0.05, 0) is 30.3 Å². The molecule has 0 unspecified atom stereocenters. The fourth-order valence-corrected chi connectivity index (χ4v) is 1.73. The van der Waals surface area contributed by atoms with Gasteiger partial charge in [0.15, 0.2) is 0 Å². The number of benzene rings is 1. The zero-order chi connectivity index (χ0) is 11.5. The largest absolute Gasteiger partial charge is 0.338 e. The van der Waals surface area contributed by atoms with Crippen LogP contribution < -0.4 is 5.32 Å². The van der Waals surface area contributed by atoms with Crippen LogP contribution in [0.25, 0.3) is 0 Å². The molecule has 1 heterocycles. The van der Waals surface area contributed by atoms with Gasteiger partial charge in [-0.1, -0.05) is 33.6 Å². The third-order valence-corrected chi connectivity index (χ3v) is 2.61. The van der Waals surface area contributed by atoms with Gasteiger partial charge in [0.25, 0.3) is 0 Å². The third kappa shape index (κ3) is 2.71. The first kappa shape index (κ1) is 11.4. The molecular weight excluding hydrogens is 294 g/mol. The smallest absolute Gasteiger partial charge is 0.146 e. The molecule has 0 aliphatic carbocycles. The summed E-state index contributed by atoms with van der Waals surface area (Å²) in [6.07, 6.45) is 0. The Labute approximate surface area is 106 Å². The summed E-state index contributed by atoms with van der Waals surface area (Å²) in [7, 11) is 0. The summed E-state index contributed by atoms with van der Waals surface area (Å²) >= 11 is 9.00. The van der Waals surface area contributed by atoms with E-state index in [4.69, 9.17) is 11.6 Å². The minimum atomic E-state index is -0.343. The van der Waals surface area contributed by atoms with Crippen molar-refractivity contribution in [1.29, 1.82) is 0 Å². The summed E-state index contributed by atoms with van der Waals surface area (Å²) in [6.45, 7) is 0.